The first-order chi connectivity index (χ1) is 14.1. The molecule has 0 saturated carbocycles. The van der Waals surface area contributed by atoms with E-state index in [4.69, 9.17) is 14.0 Å². The molecule has 1 fully saturated rings. The average Bonchev–Trinajstić information content (AvgIpc) is 3.40. The Morgan fingerprint density at radius 1 is 1.14 bits per heavy atom. The molecule has 0 radical (unpaired) electrons. The number of nitrogens with zero attached hydrogens (tertiary/aromatic N) is 4. The Hall–Kier alpha value is -3.42. The standard InChI is InChI=1S/C21H22N4O4/c1-13-11-25(21(26)16-5-4-15(27-2)10-18(16)28-3)12-17(13)20-23-19(24-29-20)14-6-8-22-9-7-14/h4-10,13,17H,11-12H2,1-3H3. The maximum absolute atomic E-state index is 13.1. The van der Waals surface area contributed by atoms with E-state index in [1.807, 2.05) is 12.1 Å². The number of hydrogen-bond donors (Lipinski definition) is 0. The van der Waals surface area contributed by atoms with Crippen molar-refractivity contribution in [2.24, 2.45) is 5.92 Å². The fourth-order valence-electron chi connectivity index (χ4n) is 3.60. The second-order valence-electron chi connectivity index (χ2n) is 7.05. The van der Waals surface area contributed by atoms with Crippen molar-refractivity contribution in [2.75, 3.05) is 27.3 Å². The van der Waals surface area contributed by atoms with Gasteiger partial charge in [-0.3, -0.25) is 9.78 Å². The third kappa shape index (κ3) is 3.65. The zero-order valence-corrected chi connectivity index (χ0v) is 16.5. The van der Waals surface area contributed by atoms with E-state index in [0.29, 0.717) is 41.9 Å². The predicted octanol–water partition coefficient (Wildman–Crippen LogP) is 3.02. The van der Waals surface area contributed by atoms with Gasteiger partial charge in [0.15, 0.2) is 0 Å². The highest BCUT2D eigenvalue weighted by Gasteiger charge is 2.38. The van der Waals surface area contributed by atoms with Crippen LogP contribution in [0, 0.1) is 5.92 Å². The van der Waals surface area contributed by atoms with E-state index in [-0.39, 0.29) is 17.7 Å². The Labute approximate surface area is 168 Å². The molecule has 29 heavy (non-hydrogen) atoms. The van der Waals surface area contributed by atoms with Crippen LogP contribution in [0.5, 0.6) is 11.5 Å². The van der Waals surface area contributed by atoms with Crippen LogP contribution in [-0.4, -0.2) is 53.2 Å². The number of pyridine rings is 1. The van der Waals surface area contributed by atoms with E-state index in [0.717, 1.165) is 5.56 Å². The molecule has 3 aromatic rings. The van der Waals surface area contributed by atoms with Crippen LogP contribution in [0.2, 0.25) is 0 Å². The molecular weight excluding hydrogens is 372 g/mol. The average molecular weight is 394 g/mol. The first-order valence-electron chi connectivity index (χ1n) is 9.36. The molecular formula is C21H22N4O4. The normalized spacial score (nSPS) is 18.7. The number of ether oxygens (including phenoxy) is 2. The molecule has 2 atom stereocenters. The molecule has 0 aliphatic carbocycles. The van der Waals surface area contributed by atoms with Crippen molar-refractivity contribution in [3.05, 3.63) is 54.2 Å². The smallest absolute Gasteiger partial charge is 0.257 e. The topological polar surface area (TPSA) is 90.6 Å². The van der Waals surface area contributed by atoms with Gasteiger partial charge < -0.3 is 18.9 Å². The Kier molecular flexibility index (Phi) is 5.16. The van der Waals surface area contributed by atoms with Crippen molar-refractivity contribution in [2.45, 2.75) is 12.8 Å². The molecule has 2 unspecified atom stereocenters. The lowest BCUT2D eigenvalue weighted by Crippen LogP contribution is -2.29. The van der Waals surface area contributed by atoms with Gasteiger partial charge in [0.1, 0.15) is 11.5 Å². The van der Waals surface area contributed by atoms with Crippen LogP contribution in [0.15, 0.2) is 47.2 Å². The monoisotopic (exact) mass is 394 g/mol. The van der Waals surface area contributed by atoms with Gasteiger partial charge in [-0.2, -0.15) is 4.98 Å². The zero-order chi connectivity index (χ0) is 20.4. The minimum absolute atomic E-state index is 0.0220. The van der Waals surface area contributed by atoms with E-state index in [1.54, 1.807) is 49.7 Å². The summed E-state index contributed by atoms with van der Waals surface area (Å²) in [7, 11) is 3.12. The molecule has 8 nitrogen and oxygen atoms in total. The van der Waals surface area contributed by atoms with Crippen molar-refractivity contribution >= 4 is 5.91 Å². The maximum atomic E-state index is 13.1. The lowest BCUT2D eigenvalue weighted by molar-refractivity contribution is 0.0782. The first kappa shape index (κ1) is 18.9. The number of carbonyl (C=O) groups is 1. The summed E-state index contributed by atoms with van der Waals surface area (Å²) in [5.41, 5.74) is 1.35. The van der Waals surface area contributed by atoms with Gasteiger partial charge in [0.25, 0.3) is 5.91 Å². The number of amides is 1. The third-order valence-corrected chi connectivity index (χ3v) is 5.24. The lowest BCUT2D eigenvalue weighted by Gasteiger charge is -2.18. The van der Waals surface area contributed by atoms with Crippen molar-refractivity contribution < 1.29 is 18.8 Å². The molecule has 0 N–H and O–H groups in total. The zero-order valence-electron chi connectivity index (χ0n) is 16.5. The molecule has 4 rings (SSSR count). The van der Waals surface area contributed by atoms with Crippen molar-refractivity contribution in [1.82, 2.24) is 20.0 Å². The highest BCUT2D eigenvalue weighted by molar-refractivity contribution is 5.97. The van der Waals surface area contributed by atoms with E-state index >= 15 is 0 Å². The molecule has 8 heteroatoms. The Bertz CT molecular complexity index is 1000. The van der Waals surface area contributed by atoms with E-state index in [9.17, 15) is 4.79 Å². The van der Waals surface area contributed by atoms with E-state index in [2.05, 4.69) is 22.0 Å². The minimum Gasteiger partial charge on any atom is -0.497 e. The van der Waals surface area contributed by atoms with Crippen molar-refractivity contribution in [3.63, 3.8) is 0 Å². The van der Waals surface area contributed by atoms with Gasteiger partial charge in [-0.15, -0.1) is 0 Å². The highest BCUT2D eigenvalue weighted by Crippen LogP contribution is 2.34. The summed E-state index contributed by atoms with van der Waals surface area (Å²) >= 11 is 0. The minimum atomic E-state index is -0.0901. The van der Waals surface area contributed by atoms with Gasteiger partial charge in [0.2, 0.25) is 11.7 Å². The number of methoxy groups -OCH3 is 2. The number of likely N-dealkylation sites (tertiary alicyclic amines) is 1. The molecule has 1 amide bonds. The quantitative estimate of drug-likeness (QED) is 0.657. The van der Waals surface area contributed by atoms with Gasteiger partial charge in [-0.05, 0) is 30.2 Å². The molecule has 150 valence electrons. The van der Waals surface area contributed by atoms with Gasteiger partial charge in [0.05, 0.1) is 25.7 Å². The Balaban J connectivity index is 1.53. The fraction of sp³-hybridized carbons (Fsp3) is 0.333. The molecule has 2 aromatic heterocycles. The van der Waals surface area contributed by atoms with Crippen LogP contribution in [-0.2, 0) is 0 Å². The third-order valence-electron chi connectivity index (χ3n) is 5.24. The second-order valence-corrected chi connectivity index (χ2v) is 7.05. The molecule has 0 bridgehead atoms. The summed E-state index contributed by atoms with van der Waals surface area (Å²) in [5.74, 6) is 2.27. The predicted molar refractivity (Wildman–Crippen MR) is 105 cm³/mol. The van der Waals surface area contributed by atoms with Gasteiger partial charge in [0, 0.05) is 37.1 Å². The van der Waals surface area contributed by atoms with Gasteiger partial charge in [-0.1, -0.05) is 12.1 Å². The molecule has 0 spiro atoms. The van der Waals surface area contributed by atoms with Crippen molar-refractivity contribution in [1.29, 1.82) is 0 Å². The van der Waals surface area contributed by atoms with Crippen LogP contribution < -0.4 is 9.47 Å². The Morgan fingerprint density at radius 3 is 2.66 bits per heavy atom. The summed E-state index contributed by atoms with van der Waals surface area (Å²) in [6, 6.07) is 8.86. The summed E-state index contributed by atoms with van der Waals surface area (Å²) in [6.45, 7) is 3.19. The molecule has 1 aliphatic heterocycles. The molecule has 1 aromatic carbocycles. The van der Waals surface area contributed by atoms with E-state index < -0.39 is 0 Å². The van der Waals surface area contributed by atoms with E-state index in [1.165, 1.54) is 0 Å². The van der Waals surface area contributed by atoms with Crippen molar-refractivity contribution in [3.8, 4) is 22.9 Å². The number of benzene rings is 1. The number of aromatic nitrogens is 3. The number of carbonyl (C=O) groups excluding carboxylic acids is 1. The van der Waals surface area contributed by atoms with Crippen LogP contribution in [0.4, 0.5) is 0 Å². The van der Waals surface area contributed by atoms with Gasteiger partial charge >= 0.3 is 0 Å². The molecule has 1 saturated heterocycles. The summed E-state index contributed by atoms with van der Waals surface area (Å²) in [6.07, 6.45) is 3.37. The van der Waals surface area contributed by atoms with Crippen LogP contribution in [0.25, 0.3) is 11.4 Å². The number of rotatable bonds is 5. The van der Waals surface area contributed by atoms with Crippen LogP contribution >= 0.6 is 0 Å². The van der Waals surface area contributed by atoms with Crippen LogP contribution in [0.1, 0.15) is 29.1 Å². The maximum Gasteiger partial charge on any atom is 0.257 e. The summed E-state index contributed by atoms with van der Waals surface area (Å²) < 4.78 is 16.1. The molecule has 1 aliphatic rings. The highest BCUT2D eigenvalue weighted by atomic mass is 16.5. The van der Waals surface area contributed by atoms with Crippen LogP contribution in [0.3, 0.4) is 0 Å². The number of hydrogen-bond acceptors (Lipinski definition) is 7. The lowest BCUT2D eigenvalue weighted by atomic mass is 9.98. The van der Waals surface area contributed by atoms with Gasteiger partial charge in [-0.25, -0.2) is 0 Å². The second kappa shape index (κ2) is 7.90. The summed E-state index contributed by atoms with van der Waals surface area (Å²) in [4.78, 5) is 23.5. The molecule has 3 heterocycles. The first-order valence-corrected chi connectivity index (χ1v) is 9.36. The Morgan fingerprint density at radius 2 is 1.93 bits per heavy atom. The fourth-order valence-corrected chi connectivity index (χ4v) is 3.60. The summed E-state index contributed by atoms with van der Waals surface area (Å²) in [5, 5.41) is 4.09. The SMILES string of the molecule is COc1ccc(C(=O)N2CC(C)C(c3nc(-c4ccncc4)no3)C2)c(OC)c1. The largest absolute Gasteiger partial charge is 0.497 e.